The Morgan fingerprint density at radius 2 is 2.21 bits per heavy atom. The Hall–Kier alpha value is -0.570. The molecule has 1 heterocycles. The number of sulfone groups is 1. The average molecular weight is 217 g/mol. The molecule has 0 aromatic heterocycles. The molecule has 1 aliphatic heterocycles. The van der Waals surface area contributed by atoms with Gasteiger partial charge >= 0.3 is 0 Å². The van der Waals surface area contributed by atoms with E-state index in [1.165, 1.54) is 0 Å². The number of rotatable bonds is 4. The Morgan fingerprint density at radius 3 is 2.71 bits per heavy atom. The fraction of sp³-hybridized carbons (Fsp3) is 0.778. The van der Waals surface area contributed by atoms with Gasteiger partial charge in [-0.3, -0.25) is 0 Å². The Labute approximate surface area is 84.6 Å². The van der Waals surface area contributed by atoms with E-state index >= 15 is 0 Å². The second-order valence-electron chi connectivity index (χ2n) is 3.51. The van der Waals surface area contributed by atoms with Crippen LogP contribution in [0.5, 0.6) is 0 Å². The van der Waals surface area contributed by atoms with Gasteiger partial charge in [0.1, 0.15) is 0 Å². The highest BCUT2D eigenvalue weighted by molar-refractivity contribution is 7.91. The lowest BCUT2D eigenvalue weighted by Crippen LogP contribution is -2.39. The molecule has 0 radical (unpaired) electrons. The smallest absolute Gasteiger partial charge is 0.154 e. The molecule has 1 saturated heterocycles. The molecular weight excluding hydrogens is 202 g/mol. The van der Waals surface area contributed by atoms with Crippen molar-refractivity contribution in [3.8, 4) is 12.3 Å². The Morgan fingerprint density at radius 1 is 1.50 bits per heavy atom. The molecule has 0 bridgehead atoms. The van der Waals surface area contributed by atoms with Crippen molar-refractivity contribution in [1.82, 2.24) is 5.32 Å². The number of aliphatic hydroxyl groups is 1. The van der Waals surface area contributed by atoms with E-state index in [9.17, 15) is 13.5 Å². The molecule has 1 rings (SSSR count). The van der Waals surface area contributed by atoms with Crippen molar-refractivity contribution in [3.63, 3.8) is 0 Å². The maximum Gasteiger partial charge on any atom is 0.154 e. The number of aliphatic hydroxyl groups excluding tert-OH is 1. The van der Waals surface area contributed by atoms with E-state index in [1.54, 1.807) is 0 Å². The number of terminal acetylenes is 1. The third-order valence-electron chi connectivity index (χ3n) is 2.23. The Kier molecular flexibility index (Phi) is 3.93. The van der Waals surface area contributed by atoms with E-state index in [1.807, 2.05) is 0 Å². The van der Waals surface area contributed by atoms with E-state index in [-0.39, 0.29) is 17.5 Å². The molecule has 4 nitrogen and oxygen atoms in total. The molecule has 80 valence electrons. The summed E-state index contributed by atoms with van der Waals surface area (Å²) in [6.45, 7) is 0.654. The Bertz CT molecular complexity index is 317. The minimum Gasteiger partial charge on any atom is -0.390 e. The second-order valence-corrected chi connectivity index (χ2v) is 5.67. The fourth-order valence-corrected chi connectivity index (χ4v) is 3.28. The van der Waals surface area contributed by atoms with Crippen LogP contribution in [0.3, 0.4) is 0 Å². The highest BCUT2D eigenvalue weighted by Gasteiger charge is 2.35. The molecule has 0 aromatic rings. The van der Waals surface area contributed by atoms with Crippen molar-refractivity contribution in [2.75, 3.05) is 18.1 Å². The molecule has 0 amide bonds. The molecule has 5 heteroatoms. The first-order valence-electron chi connectivity index (χ1n) is 4.60. The van der Waals surface area contributed by atoms with Crippen LogP contribution in [0.1, 0.15) is 12.8 Å². The molecule has 2 N–H and O–H groups in total. The van der Waals surface area contributed by atoms with Gasteiger partial charge in [-0.2, -0.15) is 0 Å². The summed E-state index contributed by atoms with van der Waals surface area (Å²) in [5, 5.41) is 12.4. The van der Waals surface area contributed by atoms with Gasteiger partial charge in [0.2, 0.25) is 0 Å². The zero-order valence-electron chi connectivity index (χ0n) is 7.94. The van der Waals surface area contributed by atoms with Crippen molar-refractivity contribution < 1.29 is 13.5 Å². The summed E-state index contributed by atoms with van der Waals surface area (Å²) in [5.74, 6) is 2.41. The topological polar surface area (TPSA) is 66.4 Å². The van der Waals surface area contributed by atoms with Crippen LogP contribution in [-0.2, 0) is 9.84 Å². The quantitative estimate of drug-likeness (QED) is 0.475. The number of hydrogen-bond acceptors (Lipinski definition) is 4. The van der Waals surface area contributed by atoms with Crippen LogP contribution in [-0.4, -0.2) is 43.7 Å². The van der Waals surface area contributed by atoms with Gasteiger partial charge in [-0.1, -0.05) is 0 Å². The first-order chi connectivity index (χ1) is 6.55. The van der Waals surface area contributed by atoms with Crippen molar-refractivity contribution >= 4 is 9.84 Å². The maximum atomic E-state index is 11.1. The molecule has 0 aliphatic carbocycles. The van der Waals surface area contributed by atoms with E-state index in [0.717, 1.165) is 6.42 Å². The van der Waals surface area contributed by atoms with Gasteiger partial charge in [0, 0.05) is 12.5 Å². The van der Waals surface area contributed by atoms with E-state index in [2.05, 4.69) is 11.2 Å². The summed E-state index contributed by atoms with van der Waals surface area (Å²) in [6, 6.07) is -0.322. The molecule has 2 unspecified atom stereocenters. The standard InChI is InChI=1S/C9H15NO3S/c1-2-3-4-5-10-8-6-14(12,13)7-9(8)11/h1,8-11H,3-7H2. The fourth-order valence-electron chi connectivity index (χ4n) is 1.50. The largest absolute Gasteiger partial charge is 0.390 e. The summed E-state index contributed by atoms with van der Waals surface area (Å²) in [5.41, 5.74) is 0. The predicted octanol–water partition coefficient (Wildman–Crippen LogP) is -0.853. The second kappa shape index (κ2) is 4.78. The van der Waals surface area contributed by atoms with Crippen LogP contribution in [0, 0.1) is 12.3 Å². The third kappa shape index (κ3) is 3.29. The molecular formula is C9H15NO3S. The van der Waals surface area contributed by atoms with Crippen molar-refractivity contribution in [1.29, 1.82) is 0 Å². The van der Waals surface area contributed by atoms with E-state index < -0.39 is 15.9 Å². The highest BCUT2D eigenvalue weighted by atomic mass is 32.2. The van der Waals surface area contributed by atoms with Crippen molar-refractivity contribution in [3.05, 3.63) is 0 Å². The van der Waals surface area contributed by atoms with Crippen LogP contribution in [0.2, 0.25) is 0 Å². The molecule has 1 aliphatic rings. The molecule has 0 saturated carbocycles. The maximum absolute atomic E-state index is 11.1. The molecule has 0 spiro atoms. The van der Waals surface area contributed by atoms with Crippen LogP contribution >= 0.6 is 0 Å². The lowest BCUT2D eigenvalue weighted by atomic mass is 10.2. The van der Waals surface area contributed by atoms with E-state index in [4.69, 9.17) is 6.42 Å². The normalized spacial score (nSPS) is 30.0. The number of unbranched alkanes of at least 4 members (excludes halogenated alkanes) is 1. The van der Waals surface area contributed by atoms with Gasteiger partial charge in [0.05, 0.1) is 17.6 Å². The molecule has 14 heavy (non-hydrogen) atoms. The summed E-state index contributed by atoms with van der Waals surface area (Å²) >= 11 is 0. The highest BCUT2D eigenvalue weighted by Crippen LogP contribution is 2.12. The SMILES string of the molecule is C#CCCCNC1CS(=O)(=O)CC1O. The van der Waals surface area contributed by atoms with Gasteiger partial charge < -0.3 is 10.4 Å². The molecule has 0 aromatic carbocycles. The predicted molar refractivity (Wildman–Crippen MR) is 54.5 cm³/mol. The summed E-state index contributed by atoms with van der Waals surface area (Å²) < 4.78 is 22.2. The van der Waals surface area contributed by atoms with Crippen molar-refractivity contribution in [2.45, 2.75) is 25.0 Å². The van der Waals surface area contributed by atoms with Gasteiger partial charge in [0.15, 0.2) is 9.84 Å². The molecule has 2 atom stereocenters. The monoisotopic (exact) mass is 217 g/mol. The average Bonchev–Trinajstić information content (AvgIpc) is 2.34. The Balaban J connectivity index is 2.30. The zero-order chi connectivity index (χ0) is 10.6. The summed E-state index contributed by atoms with van der Waals surface area (Å²) in [7, 11) is -3.04. The van der Waals surface area contributed by atoms with Gasteiger partial charge in [-0.15, -0.1) is 12.3 Å². The lowest BCUT2D eigenvalue weighted by Gasteiger charge is -2.13. The van der Waals surface area contributed by atoms with Crippen LogP contribution in [0.25, 0.3) is 0 Å². The van der Waals surface area contributed by atoms with Crippen LogP contribution < -0.4 is 5.32 Å². The third-order valence-corrected chi connectivity index (χ3v) is 3.94. The summed E-state index contributed by atoms with van der Waals surface area (Å²) in [6.07, 6.45) is 5.77. The van der Waals surface area contributed by atoms with Gasteiger partial charge in [-0.05, 0) is 13.0 Å². The number of hydrogen-bond donors (Lipinski definition) is 2. The zero-order valence-corrected chi connectivity index (χ0v) is 8.76. The first-order valence-corrected chi connectivity index (χ1v) is 6.42. The van der Waals surface area contributed by atoms with Crippen LogP contribution in [0.4, 0.5) is 0 Å². The minimum absolute atomic E-state index is 0.0320. The van der Waals surface area contributed by atoms with Crippen LogP contribution in [0.15, 0.2) is 0 Å². The van der Waals surface area contributed by atoms with Gasteiger partial charge in [0.25, 0.3) is 0 Å². The lowest BCUT2D eigenvalue weighted by molar-refractivity contribution is 0.166. The number of nitrogens with one attached hydrogen (secondary N) is 1. The first kappa shape index (κ1) is 11.5. The summed E-state index contributed by atoms with van der Waals surface area (Å²) in [4.78, 5) is 0. The van der Waals surface area contributed by atoms with Gasteiger partial charge in [-0.25, -0.2) is 8.42 Å². The van der Waals surface area contributed by atoms with Crippen molar-refractivity contribution in [2.24, 2.45) is 0 Å². The van der Waals surface area contributed by atoms with E-state index in [0.29, 0.717) is 13.0 Å². The minimum atomic E-state index is -3.04. The molecule has 1 fully saturated rings.